The Kier molecular flexibility index (Phi) is 5.68. The second-order valence-electron chi connectivity index (χ2n) is 4.19. The second kappa shape index (κ2) is 7.78. The van der Waals surface area contributed by atoms with Crippen molar-refractivity contribution >= 4 is 0 Å². The molecule has 0 aliphatic heterocycles. The zero-order valence-corrected chi connectivity index (χ0v) is 10.8. The molecule has 5 heteroatoms. The van der Waals surface area contributed by atoms with Crippen molar-refractivity contribution in [3.05, 3.63) is 47.8 Å². The van der Waals surface area contributed by atoms with E-state index >= 15 is 0 Å². The minimum atomic E-state index is -0.0549. The van der Waals surface area contributed by atoms with Crippen LogP contribution in [0.3, 0.4) is 0 Å². The summed E-state index contributed by atoms with van der Waals surface area (Å²) in [5, 5.41) is 12.1. The van der Waals surface area contributed by atoms with Crippen LogP contribution in [0.5, 0.6) is 0 Å². The van der Waals surface area contributed by atoms with E-state index in [-0.39, 0.29) is 6.61 Å². The van der Waals surface area contributed by atoms with Gasteiger partial charge in [-0.2, -0.15) is 0 Å². The lowest BCUT2D eigenvalue weighted by molar-refractivity contribution is 0.104. The van der Waals surface area contributed by atoms with E-state index in [1.54, 1.807) is 12.3 Å². The second-order valence-corrected chi connectivity index (χ2v) is 4.19. The minimum absolute atomic E-state index is 0.0549. The molecule has 0 saturated heterocycles. The van der Waals surface area contributed by atoms with Gasteiger partial charge in [0, 0.05) is 6.61 Å². The van der Waals surface area contributed by atoms with Gasteiger partial charge in [-0.15, -0.1) is 0 Å². The third-order valence-corrected chi connectivity index (χ3v) is 2.64. The van der Waals surface area contributed by atoms with Crippen molar-refractivity contribution in [2.75, 3.05) is 13.2 Å². The van der Waals surface area contributed by atoms with E-state index in [0.29, 0.717) is 25.5 Å². The molecule has 2 heterocycles. The number of ether oxygens (including phenoxy) is 1. The molecule has 0 aromatic carbocycles. The van der Waals surface area contributed by atoms with Crippen LogP contribution in [-0.4, -0.2) is 18.3 Å². The Morgan fingerprint density at radius 3 is 2.79 bits per heavy atom. The maximum atomic E-state index is 8.86. The standard InChI is InChI=1S/C14H19NO4/c16-10-13-5-4-12(19-13)9-15-6-2-7-17-11-14-3-1-8-18-14/h1,3-5,8,15-16H,2,6-7,9-11H2. The molecule has 0 fully saturated rings. The van der Waals surface area contributed by atoms with Gasteiger partial charge < -0.3 is 24.0 Å². The monoisotopic (exact) mass is 265 g/mol. The SMILES string of the molecule is OCc1ccc(CNCCCOCc2ccco2)o1. The van der Waals surface area contributed by atoms with E-state index in [1.807, 2.05) is 18.2 Å². The Morgan fingerprint density at radius 1 is 1.16 bits per heavy atom. The number of hydrogen-bond donors (Lipinski definition) is 2. The first-order valence-corrected chi connectivity index (χ1v) is 6.38. The molecule has 0 radical (unpaired) electrons. The van der Waals surface area contributed by atoms with Crippen LogP contribution in [-0.2, 0) is 24.5 Å². The Hall–Kier alpha value is -1.56. The van der Waals surface area contributed by atoms with Crippen LogP contribution in [0.1, 0.15) is 23.7 Å². The predicted molar refractivity (Wildman–Crippen MR) is 69.3 cm³/mol. The normalized spacial score (nSPS) is 11.0. The molecule has 0 aliphatic rings. The number of nitrogens with one attached hydrogen (secondary N) is 1. The van der Waals surface area contributed by atoms with Crippen LogP contribution >= 0.6 is 0 Å². The Labute approximate surface area is 112 Å². The van der Waals surface area contributed by atoms with Gasteiger partial charge in [-0.05, 0) is 37.2 Å². The van der Waals surface area contributed by atoms with E-state index in [2.05, 4.69) is 5.32 Å². The largest absolute Gasteiger partial charge is 0.467 e. The highest BCUT2D eigenvalue weighted by Gasteiger charge is 2.00. The summed E-state index contributed by atoms with van der Waals surface area (Å²) in [6.45, 7) is 2.67. The Morgan fingerprint density at radius 2 is 2.05 bits per heavy atom. The highest BCUT2D eigenvalue weighted by Crippen LogP contribution is 2.07. The topological polar surface area (TPSA) is 67.8 Å². The zero-order chi connectivity index (χ0) is 13.3. The number of rotatable bonds is 9. The molecule has 5 nitrogen and oxygen atoms in total. The summed E-state index contributed by atoms with van der Waals surface area (Å²) in [6.07, 6.45) is 2.57. The van der Waals surface area contributed by atoms with Crippen molar-refractivity contribution < 1.29 is 18.7 Å². The van der Waals surface area contributed by atoms with Gasteiger partial charge >= 0.3 is 0 Å². The smallest absolute Gasteiger partial charge is 0.129 e. The fourth-order valence-electron chi connectivity index (χ4n) is 1.68. The first kappa shape index (κ1) is 13.9. The lowest BCUT2D eigenvalue weighted by Crippen LogP contribution is -2.15. The van der Waals surface area contributed by atoms with E-state index in [4.69, 9.17) is 18.7 Å². The summed E-state index contributed by atoms with van der Waals surface area (Å²) in [7, 11) is 0. The number of aliphatic hydroxyl groups is 1. The van der Waals surface area contributed by atoms with Gasteiger partial charge in [0.25, 0.3) is 0 Å². The van der Waals surface area contributed by atoms with E-state index < -0.39 is 0 Å². The molecular weight excluding hydrogens is 246 g/mol. The predicted octanol–water partition coefficient (Wildman–Crippen LogP) is 2.06. The number of hydrogen-bond acceptors (Lipinski definition) is 5. The highest BCUT2D eigenvalue weighted by molar-refractivity contribution is 5.05. The molecule has 19 heavy (non-hydrogen) atoms. The Bertz CT molecular complexity index is 450. The molecule has 2 rings (SSSR count). The van der Waals surface area contributed by atoms with Crippen molar-refractivity contribution in [1.29, 1.82) is 0 Å². The average molecular weight is 265 g/mol. The van der Waals surface area contributed by atoms with Crippen molar-refractivity contribution in [2.24, 2.45) is 0 Å². The molecular formula is C14H19NO4. The summed E-state index contributed by atoms with van der Waals surface area (Å²) in [5.41, 5.74) is 0. The molecule has 2 aromatic heterocycles. The van der Waals surface area contributed by atoms with Crippen LogP contribution in [0, 0.1) is 0 Å². The highest BCUT2D eigenvalue weighted by atomic mass is 16.5. The van der Waals surface area contributed by atoms with Crippen molar-refractivity contribution in [1.82, 2.24) is 5.32 Å². The van der Waals surface area contributed by atoms with Crippen molar-refractivity contribution in [2.45, 2.75) is 26.2 Å². The molecule has 2 aromatic rings. The first-order valence-electron chi connectivity index (χ1n) is 6.38. The molecule has 0 aliphatic carbocycles. The minimum Gasteiger partial charge on any atom is -0.467 e. The summed E-state index contributed by atoms with van der Waals surface area (Å²) in [4.78, 5) is 0. The fourth-order valence-corrected chi connectivity index (χ4v) is 1.68. The van der Waals surface area contributed by atoms with Gasteiger partial charge in [0.2, 0.25) is 0 Å². The molecule has 0 amide bonds. The third-order valence-electron chi connectivity index (χ3n) is 2.64. The van der Waals surface area contributed by atoms with E-state index in [1.165, 1.54) is 0 Å². The maximum Gasteiger partial charge on any atom is 0.129 e. The van der Waals surface area contributed by atoms with Crippen LogP contribution in [0.15, 0.2) is 39.4 Å². The summed E-state index contributed by atoms with van der Waals surface area (Å²) in [5.74, 6) is 2.28. The molecule has 2 N–H and O–H groups in total. The summed E-state index contributed by atoms with van der Waals surface area (Å²) >= 11 is 0. The average Bonchev–Trinajstić information content (AvgIpc) is 3.08. The number of aliphatic hydroxyl groups excluding tert-OH is 1. The molecule has 104 valence electrons. The lowest BCUT2D eigenvalue weighted by atomic mass is 10.4. The maximum absolute atomic E-state index is 8.86. The zero-order valence-electron chi connectivity index (χ0n) is 10.8. The molecule has 0 atom stereocenters. The van der Waals surface area contributed by atoms with Crippen molar-refractivity contribution in [3.63, 3.8) is 0 Å². The van der Waals surface area contributed by atoms with Gasteiger partial charge in [0.05, 0.1) is 12.8 Å². The van der Waals surface area contributed by atoms with Crippen LogP contribution in [0.25, 0.3) is 0 Å². The van der Waals surface area contributed by atoms with Crippen LogP contribution in [0.4, 0.5) is 0 Å². The Balaban J connectivity index is 1.48. The molecule has 0 bridgehead atoms. The summed E-state index contributed by atoms with van der Waals surface area (Å²) < 4.78 is 16.0. The molecule has 0 unspecified atom stereocenters. The van der Waals surface area contributed by atoms with Gasteiger partial charge in [0.15, 0.2) is 0 Å². The van der Waals surface area contributed by atoms with Crippen LogP contribution < -0.4 is 5.32 Å². The van der Waals surface area contributed by atoms with Crippen LogP contribution in [0.2, 0.25) is 0 Å². The van der Waals surface area contributed by atoms with E-state index in [9.17, 15) is 0 Å². The number of furan rings is 2. The quantitative estimate of drug-likeness (QED) is 0.679. The molecule has 0 saturated carbocycles. The van der Waals surface area contributed by atoms with Gasteiger partial charge in [-0.1, -0.05) is 0 Å². The molecule has 0 spiro atoms. The van der Waals surface area contributed by atoms with E-state index in [0.717, 1.165) is 24.5 Å². The lowest BCUT2D eigenvalue weighted by Gasteiger charge is -2.03. The van der Waals surface area contributed by atoms with Gasteiger partial charge in [-0.3, -0.25) is 0 Å². The van der Waals surface area contributed by atoms with Crippen molar-refractivity contribution in [3.8, 4) is 0 Å². The third kappa shape index (κ3) is 4.90. The van der Waals surface area contributed by atoms with Gasteiger partial charge in [0.1, 0.15) is 30.5 Å². The fraction of sp³-hybridized carbons (Fsp3) is 0.429. The summed E-state index contributed by atoms with van der Waals surface area (Å²) in [6, 6.07) is 7.40. The first-order chi connectivity index (χ1) is 9.38. The van der Waals surface area contributed by atoms with Gasteiger partial charge in [-0.25, -0.2) is 0 Å².